The second-order valence-corrected chi connectivity index (χ2v) is 4.38. The number of morpholine rings is 1. The molecule has 0 unspecified atom stereocenters. The van der Waals surface area contributed by atoms with E-state index in [1.54, 1.807) is 6.07 Å². The first-order valence-corrected chi connectivity index (χ1v) is 6.38. The van der Waals surface area contributed by atoms with Crippen LogP contribution in [-0.2, 0) is 17.7 Å². The second-order valence-electron chi connectivity index (χ2n) is 4.38. The highest BCUT2D eigenvalue weighted by atomic mass is 19.1. The monoisotopic (exact) mass is 250 g/mol. The summed E-state index contributed by atoms with van der Waals surface area (Å²) >= 11 is 0. The Morgan fingerprint density at radius 1 is 1.39 bits per heavy atom. The molecule has 0 spiro atoms. The molecule has 1 saturated heterocycles. The van der Waals surface area contributed by atoms with Gasteiger partial charge in [-0.05, 0) is 23.6 Å². The second kappa shape index (κ2) is 6.50. The fraction of sp³-hybridized carbons (Fsp3) is 0.500. The molecule has 0 aliphatic carbocycles. The minimum Gasteiger partial charge on any atom is -0.378 e. The first-order chi connectivity index (χ1) is 8.79. The Balaban J connectivity index is 1.90. The molecule has 1 aliphatic rings. The number of hydrogen-bond donors (Lipinski definition) is 0. The fourth-order valence-corrected chi connectivity index (χ4v) is 1.95. The van der Waals surface area contributed by atoms with Gasteiger partial charge in [-0.3, -0.25) is 4.99 Å². The van der Waals surface area contributed by atoms with Crippen LogP contribution in [0.3, 0.4) is 0 Å². The Morgan fingerprint density at radius 2 is 2.17 bits per heavy atom. The molecule has 0 saturated carbocycles. The lowest BCUT2D eigenvalue weighted by atomic mass is 10.1. The van der Waals surface area contributed by atoms with Crippen molar-refractivity contribution < 1.29 is 9.13 Å². The van der Waals surface area contributed by atoms with Gasteiger partial charge in [0.15, 0.2) is 0 Å². The lowest BCUT2D eigenvalue weighted by molar-refractivity contribution is 0.0699. The molecule has 3 nitrogen and oxygen atoms in total. The molecule has 0 amide bonds. The number of aliphatic imine (C=N–C) groups is 1. The van der Waals surface area contributed by atoms with Gasteiger partial charge in [0.25, 0.3) is 0 Å². The number of halogens is 1. The van der Waals surface area contributed by atoms with Crippen LogP contribution in [0.1, 0.15) is 18.1 Å². The van der Waals surface area contributed by atoms with Gasteiger partial charge in [0.1, 0.15) is 5.82 Å². The van der Waals surface area contributed by atoms with E-state index >= 15 is 0 Å². The lowest BCUT2D eigenvalue weighted by Gasteiger charge is -2.24. The van der Waals surface area contributed by atoms with E-state index in [0.717, 1.165) is 37.4 Å². The minimum absolute atomic E-state index is 0.126. The third-order valence-electron chi connectivity index (χ3n) is 3.06. The van der Waals surface area contributed by atoms with Crippen LogP contribution in [0.4, 0.5) is 4.39 Å². The molecule has 1 fully saturated rings. The van der Waals surface area contributed by atoms with Crippen LogP contribution in [-0.4, -0.2) is 37.5 Å². The van der Waals surface area contributed by atoms with Crippen molar-refractivity contribution in [1.29, 1.82) is 0 Å². The number of ether oxygens (including phenoxy) is 1. The smallest absolute Gasteiger partial charge is 0.126 e. The van der Waals surface area contributed by atoms with E-state index in [1.165, 1.54) is 6.07 Å². The van der Waals surface area contributed by atoms with Crippen LogP contribution < -0.4 is 0 Å². The summed E-state index contributed by atoms with van der Waals surface area (Å²) in [7, 11) is 0. The van der Waals surface area contributed by atoms with Crippen molar-refractivity contribution in [2.24, 2.45) is 4.99 Å². The Bertz CT molecular complexity index is 414. The zero-order chi connectivity index (χ0) is 12.8. The van der Waals surface area contributed by atoms with E-state index in [0.29, 0.717) is 13.0 Å². The molecule has 1 aliphatic heterocycles. The summed E-state index contributed by atoms with van der Waals surface area (Å²) in [6, 6.07) is 5.22. The van der Waals surface area contributed by atoms with Crippen LogP contribution in [0.5, 0.6) is 0 Å². The molecule has 0 aromatic heterocycles. The van der Waals surface area contributed by atoms with Gasteiger partial charge in [-0.2, -0.15) is 0 Å². The van der Waals surface area contributed by atoms with Gasteiger partial charge >= 0.3 is 0 Å². The first-order valence-electron chi connectivity index (χ1n) is 6.38. The van der Waals surface area contributed by atoms with Crippen molar-refractivity contribution in [2.45, 2.75) is 19.9 Å². The van der Waals surface area contributed by atoms with Gasteiger partial charge in [0.2, 0.25) is 0 Å². The molecule has 1 aromatic rings. The van der Waals surface area contributed by atoms with Crippen molar-refractivity contribution in [2.75, 3.05) is 26.3 Å². The van der Waals surface area contributed by atoms with E-state index in [1.807, 2.05) is 19.3 Å². The molecule has 18 heavy (non-hydrogen) atoms. The molecule has 1 aromatic carbocycles. The molecular formula is C14H19FN2O. The first kappa shape index (κ1) is 13.0. The van der Waals surface area contributed by atoms with Crippen LogP contribution in [0.2, 0.25) is 0 Å². The number of rotatable bonds is 4. The van der Waals surface area contributed by atoms with Crippen molar-refractivity contribution in [3.8, 4) is 0 Å². The van der Waals surface area contributed by atoms with Crippen LogP contribution >= 0.6 is 0 Å². The number of aryl methyl sites for hydroxylation is 1. The van der Waals surface area contributed by atoms with Gasteiger partial charge < -0.3 is 9.64 Å². The summed E-state index contributed by atoms with van der Waals surface area (Å²) < 4.78 is 18.6. The summed E-state index contributed by atoms with van der Waals surface area (Å²) in [5.41, 5.74) is 1.81. The molecule has 0 bridgehead atoms. The number of hydrogen-bond acceptors (Lipinski definition) is 2. The van der Waals surface area contributed by atoms with Gasteiger partial charge in [-0.1, -0.05) is 19.1 Å². The maximum Gasteiger partial charge on any atom is 0.126 e. The molecule has 0 atom stereocenters. The van der Waals surface area contributed by atoms with E-state index in [-0.39, 0.29) is 5.82 Å². The van der Waals surface area contributed by atoms with Crippen molar-refractivity contribution in [3.63, 3.8) is 0 Å². The van der Waals surface area contributed by atoms with Crippen molar-refractivity contribution in [1.82, 2.24) is 4.90 Å². The highest BCUT2D eigenvalue weighted by Gasteiger charge is 2.05. The van der Waals surface area contributed by atoms with Gasteiger partial charge in [-0.15, -0.1) is 0 Å². The largest absolute Gasteiger partial charge is 0.378 e. The Hall–Kier alpha value is -1.42. The molecule has 0 N–H and O–H groups in total. The van der Waals surface area contributed by atoms with Crippen LogP contribution in [0.25, 0.3) is 0 Å². The number of nitrogens with zero attached hydrogens (tertiary/aromatic N) is 2. The highest BCUT2D eigenvalue weighted by molar-refractivity contribution is 5.55. The Kier molecular flexibility index (Phi) is 4.70. The molecule has 0 radical (unpaired) electrons. The van der Waals surface area contributed by atoms with Crippen LogP contribution in [0, 0.1) is 5.82 Å². The molecule has 1 heterocycles. The fourth-order valence-electron chi connectivity index (χ4n) is 1.95. The van der Waals surface area contributed by atoms with E-state index in [9.17, 15) is 4.39 Å². The third-order valence-corrected chi connectivity index (χ3v) is 3.06. The standard InChI is InChI=1S/C14H19FN2O/c1-2-13-9-12(3-4-14(13)15)10-16-11-17-5-7-18-8-6-17/h3-4,9,11H,2,5-8,10H2,1H3. The predicted octanol–water partition coefficient (Wildman–Crippen LogP) is 2.25. The Labute approximate surface area is 107 Å². The predicted molar refractivity (Wildman–Crippen MR) is 70.4 cm³/mol. The summed E-state index contributed by atoms with van der Waals surface area (Å²) in [5, 5.41) is 0. The van der Waals surface area contributed by atoms with E-state index in [2.05, 4.69) is 9.89 Å². The maximum atomic E-state index is 13.3. The zero-order valence-electron chi connectivity index (χ0n) is 10.7. The maximum absolute atomic E-state index is 13.3. The van der Waals surface area contributed by atoms with Gasteiger partial charge in [-0.25, -0.2) is 4.39 Å². The molecule has 4 heteroatoms. The molecule has 98 valence electrons. The highest BCUT2D eigenvalue weighted by Crippen LogP contribution is 2.12. The van der Waals surface area contributed by atoms with Gasteiger partial charge in [0.05, 0.1) is 26.1 Å². The third kappa shape index (κ3) is 3.53. The molecule has 2 rings (SSSR count). The van der Waals surface area contributed by atoms with Crippen molar-refractivity contribution in [3.05, 3.63) is 35.1 Å². The van der Waals surface area contributed by atoms with Gasteiger partial charge in [0, 0.05) is 13.1 Å². The normalized spacial score (nSPS) is 16.4. The Morgan fingerprint density at radius 3 is 2.89 bits per heavy atom. The van der Waals surface area contributed by atoms with E-state index < -0.39 is 0 Å². The molecular weight excluding hydrogens is 231 g/mol. The average molecular weight is 250 g/mol. The average Bonchev–Trinajstić information content (AvgIpc) is 2.42. The van der Waals surface area contributed by atoms with Crippen molar-refractivity contribution >= 4 is 6.34 Å². The van der Waals surface area contributed by atoms with E-state index in [4.69, 9.17) is 4.74 Å². The zero-order valence-corrected chi connectivity index (χ0v) is 10.7. The summed E-state index contributed by atoms with van der Waals surface area (Å²) in [5.74, 6) is -0.126. The number of benzene rings is 1. The summed E-state index contributed by atoms with van der Waals surface area (Å²) in [6.45, 7) is 5.88. The quantitative estimate of drug-likeness (QED) is 0.605. The van der Waals surface area contributed by atoms with Crippen LogP contribution in [0.15, 0.2) is 23.2 Å². The topological polar surface area (TPSA) is 24.8 Å². The SMILES string of the molecule is CCc1cc(CN=CN2CCOCC2)ccc1F. The lowest BCUT2D eigenvalue weighted by Crippen LogP contribution is -2.35. The summed E-state index contributed by atoms with van der Waals surface area (Å²) in [4.78, 5) is 6.54. The minimum atomic E-state index is -0.126. The summed E-state index contributed by atoms with van der Waals surface area (Å²) in [6.07, 6.45) is 2.59.